The molecule has 3 aromatic carbocycles. The van der Waals surface area contributed by atoms with Crippen LogP contribution in [0.2, 0.25) is 0 Å². The summed E-state index contributed by atoms with van der Waals surface area (Å²) < 4.78 is 0. The van der Waals surface area contributed by atoms with Gasteiger partial charge in [0, 0.05) is 5.92 Å². The van der Waals surface area contributed by atoms with E-state index in [1.807, 2.05) is 36.4 Å². The Balaban J connectivity index is 1.92. The SMILES string of the molecule is Cc1ccc2c3c1C[C@@H](c1ccccc1)[C@@]3(C#N)c1ccccc1[C@H]2C#N. The zero-order valence-corrected chi connectivity index (χ0v) is 15.1. The highest BCUT2D eigenvalue weighted by Gasteiger charge is 2.55. The van der Waals surface area contributed by atoms with Gasteiger partial charge in [0.1, 0.15) is 5.41 Å². The first-order chi connectivity index (χ1) is 13.2. The zero-order chi connectivity index (χ0) is 18.6. The summed E-state index contributed by atoms with van der Waals surface area (Å²) in [4.78, 5) is 0. The molecule has 0 aromatic heterocycles. The normalized spacial score (nSPS) is 24.4. The van der Waals surface area contributed by atoms with Gasteiger partial charge in [0.25, 0.3) is 0 Å². The van der Waals surface area contributed by atoms with Gasteiger partial charge in [-0.2, -0.15) is 10.5 Å². The molecule has 3 aromatic rings. The van der Waals surface area contributed by atoms with Crippen LogP contribution in [0.25, 0.3) is 0 Å². The van der Waals surface area contributed by atoms with Gasteiger partial charge >= 0.3 is 0 Å². The van der Waals surface area contributed by atoms with Gasteiger partial charge in [-0.1, -0.05) is 66.7 Å². The summed E-state index contributed by atoms with van der Waals surface area (Å²) in [6.45, 7) is 2.12. The van der Waals surface area contributed by atoms with Crippen molar-refractivity contribution in [3.63, 3.8) is 0 Å². The molecule has 0 amide bonds. The van der Waals surface area contributed by atoms with Crippen LogP contribution >= 0.6 is 0 Å². The minimum absolute atomic E-state index is 0.0549. The van der Waals surface area contributed by atoms with E-state index in [1.54, 1.807) is 0 Å². The summed E-state index contributed by atoms with van der Waals surface area (Å²) in [7, 11) is 0. The second kappa shape index (κ2) is 5.57. The fraction of sp³-hybridized carbons (Fsp3) is 0.200. The molecule has 2 aliphatic carbocycles. The van der Waals surface area contributed by atoms with E-state index in [0.29, 0.717) is 0 Å². The van der Waals surface area contributed by atoms with Crippen molar-refractivity contribution in [2.45, 2.75) is 30.6 Å². The Hall–Kier alpha value is -3.36. The second-order valence-corrected chi connectivity index (χ2v) is 7.56. The Morgan fingerprint density at radius 1 is 0.889 bits per heavy atom. The molecule has 0 saturated carbocycles. The van der Waals surface area contributed by atoms with Crippen LogP contribution in [0.15, 0.2) is 66.7 Å². The maximum absolute atomic E-state index is 10.6. The lowest BCUT2D eigenvalue weighted by atomic mass is 9.60. The maximum Gasteiger partial charge on any atom is 0.115 e. The fourth-order valence-electron chi connectivity index (χ4n) is 5.25. The molecular formula is C25H18N2. The van der Waals surface area contributed by atoms with Crippen molar-refractivity contribution in [2.24, 2.45) is 0 Å². The molecule has 0 N–H and O–H groups in total. The molecule has 2 aliphatic rings. The van der Waals surface area contributed by atoms with Crippen molar-refractivity contribution in [2.75, 3.05) is 0 Å². The average molecular weight is 346 g/mol. The number of nitrogens with zero attached hydrogens (tertiary/aromatic N) is 2. The Kier molecular flexibility index (Phi) is 3.27. The van der Waals surface area contributed by atoms with Crippen molar-refractivity contribution in [3.8, 4) is 12.1 Å². The summed E-state index contributed by atoms with van der Waals surface area (Å²) in [5.74, 6) is -0.258. The van der Waals surface area contributed by atoms with Gasteiger partial charge in [-0.15, -0.1) is 0 Å². The van der Waals surface area contributed by atoms with Gasteiger partial charge in [0.2, 0.25) is 0 Å². The summed E-state index contributed by atoms with van der Waals surface area (Å²) >= 11 is 0. The van der Waals surface area contributed by atoms with Gasteiger partial charge in [0.15, 0.2) is 0 Å². The third-order valence-corrected chi connectivity index (χ3v) is 6.42. The van der Waals surface area contributed by atoms with E-state index in [0.717, 1.165) is 28.7 Å². The van der Waals surface area contributed by atoms with E-state index in [-0.39, 0.29) is 11.8 Å². The molecule has 0 fully saturated rings. The topological polar surface area (TPSA) is 47.6 Å². The highest BCUT2D eigenvalue weighted by Crippen LogP contribution is 2.59. The van der Waals surface area contributed by atoms with Gasteiger partial charge in [0.05, 0.1) is 18.1 Å². The van der Waals surface area contributed by atoms with Gasteiger partial charge in [-0.05, 0) is 52.3 Å². The first kappa shape index (κ1) is 15.9. The van der Waals surface area contributed by atoms with Crippen molar-refractivity contribution in [1.82, 2.24) is 0 Å². The molecule has 0 saturated heterocycles. The molecule has 128 valence electrons. The quantitative estimate of drug-likeness (QED) is 0.614. The Morgan fingerprint density at radius 2 is 1.63 bits per heavy atom. The molecule has 0 spiro atoms. The third kappa shape index (κ3) is 1.88. The number of hydrogen-bond donors (Lipinski definition) is 0. The molecule has 0 heterocycles. The monoisotopic (exact) mass is 346 g/mol. The smallest absolute Gasteiger partial charge is 0.115 e. The maximum atomic E-state index is 10.6. The van der Waals surface area contributed by atoms with Crippen LogP contribution in [0.4, 0.5) is 0 Å². The minimum Gasteiger partial charge on any atom is -0.197 e. The predicted octanol–water partition coefficient (Wildman–Crippen LogP) is 5.11. The Bertz CT molecular complexity index is 1150. The number of nitriles is 2. The number of aryl methyl sites for hydroxylation is 1. The highest BCUT2D eigenvalue weighted by molar-refractivity contribution is 5.70. The van der Waals surface area contributed by atoms with Crippen molar-refractivity contribution in [1.29, 1.82) is 10.5 Å². The highest BCUT2D eigenvalue weighted by atomic mass is 14.6. The summed E-state index contributed by atoms with van der Waals surface area (Å²) in [5, 5.41) is 20.6. The molecule has 0 radical (unpaired) electrons. The van der Waals surface area contributed by atoms with Crippen LogP contribution in [-0.4, -0.2) is 0 Å². The van der Waals surface area contributed by atoms with E-state index in [1.165, 1.54) is 16.7 Å². The summed E-state index contributed by atoms with van der Waals surface area (Å²) in [6.07, 6.45) is 0.832. The number of benzene rings is 3. The molecule has 2 nitrogen and oxygen atoms in total. The second-order valence-electron chi connectivity index (χ2n) is 7.56. The lowest BCUT2D eigenvalue weighted by molar-refractivity contribution is 0.531. The number of hydrogen-bond acceptors (Lipinski definition) is 2. The zero-order valence-electron chi connectivity index (χ0n) is 15.1. The molecule has 5 rings (SSSR count). The van der Waals surface area contributed by atoms with Crippen molar-refractivity contribution in [3.05, 3.63) is 106 Å². The van der Waals surface area contributed by atoms with Crippen LogP contribution in [0, 0.1) is 29.6 Å². The van der Waals surface area contributed by atoms with E-state index < -0.39 is 5.41 Å². The van der Waals surface area contributed by atoms with Crippen molar-refractivity contribution < 1.29 is 0 Å². The lowest BCUT2D eigenvalue weighted by Crippen LogP contribution is -2.36. The van der Waals surface area contributed by atoms with E-state index >= 15 is 0 Å². The van der Waals surface area contributed by atoms with Crippen molar-refractivity contribution >= 4 is 0 Å². The molecule has 0 bridgehead atoms. The third-order valence-electron chi connectivity index (χ3n) is 6.42. The van der Waals surface area contributed by atoms with Gasteiger partial charge in [-0.3, -0.25) is 0 Å². The minimum atomic E-state index is -0.734. The van der Waals surface area contributed by atoms with Crippen LogP contribution in [0.3, 0.4) is 0 Å². The Labute approximate surface area is 159 Å². The summed E-state index contributed by atoms with van der Waals surface area (Å²) in [6, 6.07) is 27.8. The number of fused-ring (bicyclic) bond motifs is 2. The largest absolute Gasteiger partial charge is 0.197 e. The molecule has 27 heavy (non-hydrogen) atoms. The molecule has 2 heteroatoms. The Morgan fingerprint density at radius 3 is 2.37 bits per heavy atom. The van der Waals surface area contributed by atoms with Crippen LogP contribution < -0.4 is 0 Å². The predicted molar refractivity (Wildman–Crippen MR) is 104 cm³/mol. The molecule has 0 aliphatic heterocycles. The summed E-state index contributed by atoms with van der Waals surface area (Å²) in [5.41, 5.74) is 6.99. The fourth-order valence-corrected chi connectivity index (χ4v) is 5.25. The molecule has 0 unspecified atom stereocenters. The number of rotatable bonds is 1. The molecule has 3 atom stereocenters. The van der Waals surface area contributed by atoms with Crippen LogP contribution in [-0.2, 0) is 11.8 Å². The average Bonchev–Trinajstić information content (AvgIpc) is 3.09. The van der Waals surface area contributed by atoms with Gasteiger partial charge < -0.3 is 0 Å². The molecular weight excluding hydrogens is 328 g/mol. The van der Waals surface area contributed by atoms with Crippen LogP contribution in [0.5, 0.6) is 0 Å². The van der Waals surface area contributed by atoms with Gasteiger partial charge in [-0.25, -0.2) is 0 Å². The first-order valence-corrected chi connectivity index (χ1v) is 9.30. The van der Waals surface area contributed by atoms with E-state index in [2.05, 4.69) is 49.4 Å². The standard InChI is InChI=1S/C25H18N2/c1-16-11-12-19-21(14-26)18-9-5-6-10-22(18)25(15-27)23(13-20(16)24(19)25)17-7-3-2-4-8-17/h2-12,21,23H,13H2,1H3/t21-,23+,25-/m1/s1. The van der Waals surface area contributed by atoms with E-state index in [4.69, 9.17) is 0 Å². The first-order valence-electron chi connectivity index (χ1n) is 9.30. The lowest BCUT2D eigenvalue weighted by Gasteiger charge is -2.38. The van der Waals surface area contributed by atoms with Crippen LogP contribution in [0.1, 0.15) is 50.8 Å². The van der Waals surface area contributed by atoms with E-state index in [9.17, 15) is 10.5 Å².